The smallest absolute Gasteiger partial charge is 0.268 e. The molecule has 0 saturated carbocycles. The number of carbonyl (C=O) groups excluding carboxylic acids is 1. The molecule has 0 aliphatic heterocycles. The van der Waals surface area contributed by atoms with Crippen molar-refractivity contribution in [3.63, 3.8) is 0 Å². The van der Waals surface area contributed by atoms with Gasteiger partial charge in [-0.15, -0.1) is 22.7 Å². The standard InChI is InChI=1S/C15H15N3OS2/c1-8-13(20-9(2)17-8)14(19)18-15-11(7-16)10-5-3-4-6-12(10)21-15/h3-6H2,1-2H3,(H,18,19). The molecule has 0 atom stereocenters. The fourth-order valence-corrected chi connectivity index (χ4v) is 4.72. The number of thiophene rings is 1. The number of hydrogen-bond acceptors (Lipinski definition) is 5. The molecule has 2 heterocycles. The second kappa shape index (κ2) is 5.58. The Balaban J connectivity index is 1.92. The third-order valence-corrected chi connectivity index (χ3v) is 5.90. The van der Waals surface area contributed by atoms with Crippen molar-refractivity contribution in [3.05, 3.63) is 31.6 Å². The summed E-state index contributed by atoms with van der Waals surface area (Å²) in [4.78, 5) is 18.5. The Morgan fingerprint density at radius 3 is 2.71 bits per heavy atom. The minimum Gasteiger partial charge on any atom is -0.312 e. The van der Waals surface area contributed by atoms with E-state index in [2.05, 4.69) is 16.4 Å². The van der Waals surface area contributed by atoms with Gasteiger partial charge in [0.2, 0.25) is 0 Å². The number of aryl methyl sites for hydroxylation is 3. The maximum absolute atomic E-state index is 12.4. The molecule has 0 saturated heterocycles. The Kier molecular flexibility index (Phi) is 3.79. The SMILES string of the molecule is Cc1nc(C)c(C(=O)Nc2sc3c(c2C#N)CCCC3)s1. The Hall–Kier alpha value is -1.71. The fourth-order valence-electron chi connectivity index (χ4n) is 2.67. The molecule has 0 unspecified atom stereocenters. The van der Waals surface area contributed by atoms with E-state index in [9.17, 15) is 10.1 Å². The van der Waals surface area contributed by atoms with E-state index >= 15 is 0 Å². The molecule has 1 amide bonds. The second-order valence-electron chi connectivity index (χ2n) is 5.13. The lowest BCUT2D eigenvalue weighted by Gasteiger charge is -2.09. The number of aromatic nitrogens is 1. The van der Waals surface area contributed by atoms with Crippen molar-refractivity contribution in [2.45, 2.75) is 39.5 Å². The van der Waals surface area contributed by atoms with Crippen molar-refractivity contribution >= 4 is 33.6 Å². The molecule has 2 aromatic rings. The molecule has 1 N–H and O–H groups in total. The zero-order valence-electron chi connectivity index (χ0n) is 11.9. The summed E-state index contributed by atoms with van der Waals surface area (Å²) in [5.41, 5.74) is 2.54. The summed E-state index contributed by atoms with van der Waals surface area (Å²) in [7, 11) is 0. The largest absolute Gasteiger partial charge is 0.312 e. The highest BCUT2D eigenvalue weighted by Gasteiger charge is 2.23. The molecule has 0 bridgehead atoms. The quantitative estimate of drug-likeness (QED) is 0.915. The van der Waals surface area contributed by atoms with Crippen LogP contribution in [0.5, 0.6) is 0 Å². The zero-order valence-corrected chi connectivity index (χ0v) is 13.6. The summed E-state index contributed by atoms with van der Waals surface area (Å²) in [6, 6.07) is 2.26. The lowest BCUT2D eigenvalue weighted by molar-refractivity contribution is 0.103. The molecule has 108 valence electrons. The van der Waals surface area contributed by atoms with Gasteiger partial charge in [0.15, 0.2) is 0 Å². The highest BCUT2D eigenvalue weighted by atomic mass is 32.1. The Morgan fingerprint density at radius 1 is 1.29 bits per heavy atom. The molecule has 0 fully saturated rings. The fraction of sp³-hybridized carbons (Fsp3) is 0.400. The van der Waals surface area contributed by atoms with Crippen molar-refractivity contribution in [2.24, 2.45) is 0 Å². The topological polar surface area (TPSA) is 65.8 Å². The number of hydrogen-bond donors (Lipinski definition) is 1. The average Bonchev–Trinajstić information content (AvgIpc) is 2.97. The molecule has 0 aromatic carbocycles. The molecule has 6 heteroatoms. The highest BCUT2D eigenvalue weighted by Crippen LogP contribution is 2.38. The van der Waals surface area contributed by atoms with Crippen LogP contribution in [0.2, 0.25) is 0 Å². The summed E-state index contributed by atoms with van der Waals surface area (Å²) in [6.07, 6.45) is 4.25. The van der Waals surface area contributed by atoms with Gasteiger partial charge in [-0.3, -0.25) is 4.79 Å². The monoisotopic (exact) mass is 317 g/mol. The first-order valence-electron chi connectivity index (χ1n) is 6.90. The van der Waals surface area contributed by atoms with Crippen molar-refractivity contribution in [3.8, 4) is 6.07 Å². The number of carbonyl (C=O) groups is 1. The van der Waals surface area contributed by atoms with Crippen LogP contribution in [-0.2, 0) is 12.8 Å². The van der Waals surface area contributed by atoms with E-state index in [0.717, 1.165) is 35.5 Å². The molecule has 0 radical (unpaired) electrons. The van der Waals surface area contributed by atoms with Crippen molar-refractivity contribution in [1.82, 2.24) is 4.98 Å². The Labute approximate surface area is 131 Å². The van der Waals surface area contributed by atoms with Gasteiger partial charge in [-0.2, -0.15) is 5.26 Å². The first-order chi connectivity index (χ1) is 10.1. The van der Waals surface area contributed by atoms with Crippen LogP contribution < -0.4 is 5.32 Å². The van der Waals surface area contributed by atoms with Gasteiger partial charge in [0.1, 0.15) is 15.9 Å². The highest BCUT2D eigenvalue weighted by molar-refractivity contribution is 7.17. The Bertz CT molecular complexity index is 752. The number of thiazole rings is 1. The van der Waals surface area contributed by atoms with E-state index in [1.54, 1.807) is 11.3 Å². The number of rotatable bonds is 2. The number of fused-ring (bicyclic) bond motifs is 1. The van der Waals surface area contributed by atoms with Crippen molar-refractivity contribution in [2.75, 3.05) is 5.32 Å². The van der Waals surface area contributed by atoms with Crippen LogP contribution in [0.25, 0.3) is 0 Å². The van der Waals surface area contributed by atoms with E-state index in [4.69, 9.17) is 0 Å². The molecule has 0 spiro atoms. The number of amides is 1. The van der Waals surface area contributed by atoms with Crippen LogP contribution in [0, 0.1) is 25.2 Å². The third kappa shape index (κ3) is 2.59. The van der Waals surface area contributed by atoms with Gasteiger partial charge in [0.05, 0.1) is 16.3 Å². The summed E-state index contributed by atoms with van der Waals surface area (Å²) in [5, 5.41) is 13.9. The molecule has 21 heavy (non-hydrogen) atoms. The van der Waals surface area contributed by atoms with Crippen LogP contribution in [0.3, 0.4) is 0 Å². The van der Waals surface area contributed by atoms with Crippen molar-refractivity contribution in [1.29, 1.82) is 5.26 Å². The van der Waals surface area contributed by atoms with Crippen LogP contribution in [0.15, 0.2) is 0 Å². The molecular weight excluding hydrogens is 302 g/mol. The van der Waals surface area contributed by atoms with Gasteiger partial charge in [-0.1, -0.05) is 0 Å². The third-order valence-electron chi connectivity index (χ3n) is 3.62. The summed E-state index contributed by atoms with van der Waals surface area (Å²) >= 11 is 2.94. The maximum Gasteiger partial charge on any atom is 0.268 e. The first kappa shape index (κ1) is 14.2. The maximum atomic E-state index is 12.4. The zero-order chi connectivity index (χ0) is 15.0. The molecular formula is C15H15N3OS2. The van der Waals surface area contributed by atoms with E-state index in [1.165, 1.54) is 22.6 Å². The minimum atomic E-state index is -0.159. The van der Waals surface area contributed by atoms with Gasteiger partial charge in [-0.05, 0) is 45.1 Å². The second-order valence-corrected chi connectivity index (χ2v) is 7.44. The summed E-state index contributed by atoms with van der Waals surface area (Å²) in [5.74, 6) is -0.159. The summed E-state index contributed by atoms with van der Waals surface area (Å²) in [6.45, 7) is 3.72. The van der Waals surface area contributed by atoms with Gasteiger partial charge >= 0.3 is 0 Å². The summed E-state index contributed by atoms with van der Waals surface area (Å²) < 4.78 is 0. The van der Waals surface area contributed by atoms with Crippen LogP contribution in [-0.4, -0.2) is 10.9 Å². The van der Waals surface area contributed by atoms with E-state index in [0.29, 0.717) is 15.4 Å². The Morgan fingerprint density at radius 2 is 2.05 bits per heavy atom. The normalized spacial score (nSPS) is 13.6. The van der Waals surface area contributed by atoms with Crippen molar-refractivity contribution < 1.29 is 4.79 Å². The predicted molar refractivity (Wildman–Crippen MR) is 85.2 cm³/mol. The van der Waals surface area contributed by atoms with Gasteiger partial charge < -0.3 is 5.32 Å². The van der Waals surface area contributed by atoms with E-state index in [1.807, 2.05) is 13.8 Å². The molecule has 3 rings (SSSR count). The molecule has 1 aliphatic rings. The lowest BCUT2D eigenvalue weighted by Crippen LogP contribution is -2.11. The van der Waals surface area contributed by atoms with Gasteiger partial charge in [-0.25, -0.2) is 4.98 Å². The first-order valence-corrected chi connectivity index (χ1v) is 8.53. The average molecular weight is 317 g/mol. The van der Waals surface area contributed by atoms with E-state index < -0.39 is 0 Å². The molecule has 2 aromatic heterocycles. The minimum absolute atomic E-state index is 0.159. The van der Waals surface area contributed by atoms with Crippen LogP contribution in [0.4, 0.5) is 5.00 Å². The lowest BCUT2D eigenvalue weighted by atomic mass is 9.96. The van der Waals surface area contributed by atoms with Gasteiger partial charge in [0, 0.05) is 4.88 Å². The number of nitriles is 1. The number of nitrogens with one attached hydrogen (secondary N) is 1. The van der Waals surface area contributed by atoms with Crippen LogP contribution in [0.1, 0.15) is 49.2 Å². The number of nitrogens with zero attached hydrogens (tertiary/aromatic N) is 2. The van der Waals surface area contributed by atoms with E-state index in [-0.39, 0.29) is 5.91 Å². The predicted octanol–water partition coefficient (Wildman–Crippen LogP) is 3.82. The molecule has 1 aliphatic carbocycles. The van der Waals surface area contributed by atoms with Gasteiger partial charge in [0.25, 0.3) is 5.91 Å². The number of anilines is 1. The molecule has 4 nitrogen and oxygen atoms in total. The van der Waals surface area contributed by atoms with Crippen LogP contribution >= 0.6 is 22.7 Å².